The minimum atomic E-state index is -0.493. The molecule has 0 bridgehead atoms. The monoisotopic (exact) mass is 163 g/mol. The van der Waals surface area contributed by atoms with Crippen LogP contribution >= 0.6 is 0 Å². The quantitative estimate of drug-likeness (QED) is 0.510. The second-order valence-corrected chi connectivity index (χ2v) is 2.42. The van der Waals surface area contributed by atoms with Crippen molar-refractivity contribution in [1.82, 2.24) is 5.32 Å². The average Bonchev–Trinajstić information content (AvgIpc) is 2.04. The third-order valence-electron chi connectivity index (χ3n) is 1.63. The lowest BCUT2D eigenvalue weighted by molar-refractivity contribution is -0.119. The molecule has 0 aromatic rings. The van der Waals surface area contributed by atoms with Gasteiger partial charge >= 0.3 is 0 Å². The maximum atomic E-state index is 11.1. The molecule has 0 aromatic heterocycles. The number of fused-ring (bicyclic) bond motifs is 1. The van der Waals surface area contributed by atoms with Gasteiger partial charge in [-0.15, -0.1) is 0 Å². The topological polar surface area (TPSA) is 70.9 Å². The molecule has 5 nitrogen and oxygen atoms in total. The van der Waals surface area contributed by atoms with Crippen LogP contribution in [0, 0.1) is 5.92 Å². The van der Waals surface area contributed by atoms with Gasteiger partial charge in [0.2, 0.25) is 5.91 Å². The van der Waals surface area contributed by atoms with Gasteiger partial charge < -0.3 is 5.32 Å². The molecule has 0 saturated carbocycles. The van der Waals surface area contributed by atoms with Crippen LogP contribution in [0.1, 0.15) is 0 Å². The van der Waals surface area contributed by atoms with Crippen molar-refractivity contribution in [2.45, 2.75) is 0 Å². The van der Waals surface area contributed by atoms with Crippen molar-refractivity contribution < 1.29 is 9.59 Å². The minimum Gasteiger partial charge on any atom is -0.310 e. The Morgan fingerprint density at radius 3 is 3.08 bits per heavy atom. The summed E-state index contributed by atoms with van der Waals surface area (Å²) in [5.41, 5.74) is 0. The fourth-order valence-electron chi connectivity index (χ4n) is 1.06. The molecule has 2 aliphatic heterocycles. The molecule has 2 amide bonds. The van der Waals surface area contributed by atoms with Crippen molar-refractivity contribution in [3.05, 3.63) is 12.2 Å². The Morgan fingerprint density at radius 1 is 1.42 bits per heavy atom. The third-order valence-corrected chi connectivity index (χ3v) is 1.63. The lowest BCUT2D eigenvalue weighted by Gasteiger charge is -2.18. The maximum absolute atomic E-state index is 11.1. The summed E-state index contributed by atoms with van der Waals surface area (Å²) in [5, 5.41) is 2.46. The molecule has 5 heteroatoms. The zero-order valence-electron chi connectivity index (χ0n) is 6.02. The molecule has 0 saturated heterocycles. The van der Waals surface area contributed by atoms with E-state index in [1.165, 1.54) is 12.2 Å². The van der Waals surface area contributed by atoms with E-state index in [1.54, 1.807) is 0 Å². The highest BCUT2D eigenvalue weighted by atomic mass is 16.2. The van der Waals surface area contributed by atoms with Gasteiger partial charge in [0, 0.05) is 6.08 Å². The summed E-state index contributed by atoms with van der Waals surface area (Å²) in [6, 6.07) is 0. The molecule has 12 heavy (non-hydrogen) atoms. The van der Waals surface area contributed by atoms with Crippen LogP contribution in [0.3, 0.4) is 0 Å². The summed E-state index contributed by atoms with van der Waals surface area (Å²) in [5.74, 6) is -0.681. The molecule has 0 fully saturated rings. The fourth-order valence-corrected chi connectivity index (χ4v) is 1.06. The van der Waals surface area contributed by atoms with Gasteiger partial charge in [-0.1, -0.05) is 6.08 Å². The number of carbonyl (C=O) groups is 2. The number of hydrogen-bond acceptors (Lipinski definition) is 3. The normalized spacial score (nSPS) is 26.3. The number of hydrogen-bond donors (Lipinski definition) is 1. The highest BCUT2D eigenvalue weighted by molar-refractivity contribution is 6.19. The largest absolute Gasteiger partial charge is 0.310 e. The summed E-state index contributed by atoms with van der Waals surface area (Å²) in [6.45, 7) is 0. The second kappa shape index (κ2) is 2.37. The van der Waals surface area contributed by atoms with Crippen molar-refractivity contribution in [2.24, 2.45) is 15.9 Å². The lowest BCUT2D eigenvalue weighted by Crippen LogP contribution is -2.42. The molecule has 60 valence electrons. The molecule has 1 N–H and O–H groups in total. The summed E-state index contributed by atoms with van der Waals surface area (Å²) in [4.78, 5) is 29.1. The smallest absolute Gasteiger partial charge is 0.261 e. The average molecular weight is 163 g/mol. The van der Waals surface area contributed by atoms with Crippen molar-refractivity contribution in [3.8, 4) is 0 Å². The minimum absolute atomic E-state index is 0.256. The van der Waals surface area contributed by atoms with Crippen LogP contribution in [0.4, 0.5) is 0 Å². The van der Waals surface area contributed by atoms with E-state index in [1.807, 2.05) is 0 Å². The summed E-state index contributed by atoms with van der Waals surface area (Å²) in [6.07, 6.45) is 3.95. The van der Waals surface area contributed by atoms with E-state index in [9.17, 15) is 9.59 Å². The van der Waals surface area contributed by atoms with Crippen molar-refractivity contribution in [2.75, 3.05) is 0 Å². The zero-order chi connectivity index (χ0) is 8.55. The Morgan fingerprint density at radius 2 is 2.25 bits per heavy atom. The molecular formula is C7H5N3O2. The van der Waals surface area contributed by atoms with Gasteiger partial charge in [-0.05, 0) is 0 Å². The molecule has 1 unspecified atom stereocenters. The maximum Gasteiger partial charge on any atom is 0.261 e. The first-order valence-corrected chi connectivity index (χ1v) is 3.40. The molecule has 2 heterocycles. The van der Waals surface area contributed by atoms with Crippen LogP contribution < -0.4 is 5.32 Å². The zero-order valence-corrected chi connectivity index (χ0v) is 6.02. The molecule has 0 radical (unpaired) electrons. The molecule has 2 aliphatic rings. The van der Waals surface area contributed by atoms with Crippen LogP contribution in [0.5, 0.6) is 0 Å². The van der Waals surface area contributed by atoms with E-state index in [4.69, 9.17) is 0 Å². The van der Waals surface area contributed by atoms with Crippen LogP contribution in [0.2, 0.25) is 0 Å². The highest BCUT2D eigenvalue weighted by Crippen LogP contribution is 2.10. The first-order valence-electron chi connectivity index (χ1n) is 3.40. The SMILES string of the molecule is O=C1C=CC2C(=O)N=CN=C2N1. The van der Waals surface area contributed by atoms with Crippen molar-refractivity contribution in [3.63, 3.8) is 0 Å². The highest BCUT2D eigenvalue weighted by Gasteiger charge is 2.27. The molecule has 0 spiro atoms. The molecule has 2 rings (SSSR count). The van der Waals surface area contributed by atoms with Gasteiger partial charge in [0.25, 0.3) is 5.91 Å². The van der Waals surface area contributed by atoms with E-state index in [0.29, 0.717) is 5.84 Å². The number of aliphatic imine (C=N–C) groups is 2. The first kappa shape index (κ1) is 6.90. The summed E-state index contributed by atoms with van der Waals surface area (Å²) in [7, 11) is 0. The Kier molecular flexibility index (Phi) is 1.36. The van der Waals surface area contributed by atoms with Crippen molar-refractivity contribution in [1.29, 1.82) is 0 Å². The fraction of sp³-hybridized carbons (Fsp3) is 0.143. The number of rotatable bonds is 0. The predicted molar refractivity (Wildman–Crippen MR) is 41.7 cm³/mol. The van der Waals surface area contributed by atoms with E-state index >= 15 is 0 Å². The van der Waals surface area contributed by atoms with Crippen LogP contribution in [0.25, 0.3) is 0 Å². The number of carbonyl (C=O) groups excluding carboxylic acids is 2. The Labute approximate surface area is 67.9 Å². The van der Waals surface area contributed by atoms with Gasteiger partial charge in [-0.2, -0.15) is 0 Å². The first-order chi connectivity index (χ1) is 5.77. The Bertz CT molecular complexity index is 341. The Hall–Kier alpha value is -1.78. The standard InChI is InChI=1S/C7H5N3O2/c11-5-2-1-4-6(10-5)8-3-9-7(4)12/h1-4H,(H,8,9,10,11,12). The van der Waals surface area contributed by atoms with E-state index < -0.39 is 5.92 Å². The molecule has 1 atom stereocenters. The van der Waals surface area contributed by atoms with Crippen LogP contribution in [-0.4, -0.2) is 24.0 Å². The number of amides is 2. The van der Waals surface area contributed by atoms with Crippen LogP contribution in [0.15, 0.2) is 22.1 Å². The second-order valence-electron chi connectivity index (χ2n) is 2.42. The number of nitrogens with one attached hydrogen (secondary N) is 1. The van der Waals surface area contributed by atoms with E-state index in [0.717, 1.165) is 6.34 Å². The number of amidine groups is 1. The third kappa shape index (κ3) is 0.952. The van der Waals surface area contributed by atoms with Crippen LogP contribution in [-0.2, 0) is 9.59 Å². The van der Waals surface area contributed by atoms with Gasteiger partial charge in [0.15, 0.2) is 0 Å². The Balaban J connectivity index is 2.40. The molecular weight excluding hydrogens is 158 g/mol. The van der Waals surface area contributed by atoms with Gasteiger partial charge in [0.05, 0.1) is 0 Å². The summed E-state index contributed by atoms with van der Waals surface area (Å²) >= 11 is 0. The van der Waals surface area contributed by atoms with E-state index in [2.05, 4.69) is 15.3 Å². The molecule has 0 aromatic carbocycles. The summed E-state index contributed by atoms with van der Waals surface area (Å²) < 4.78 is 0. The van der Waals surface area contributed by atoms with Gasteiger partial charge in [-0.25, -0.2) is 9.98 Å². The molecule has 0 aliphatic carbocycles. The van der Waals surface area contributed by atoms with Gasteiger partial charge in [-0.3, -0.25) is 9.59 Å². The lowest BCUT2D eigenvalue weighted by atomic mass is 10.0. The van der Waals surface area contributed by atoms with E-state index in [-0.39, 0.29) is 11.8 Å². The van der Waals surface area contributed by atoms with Crippen molar-refractivity contribution >= 4 is 24.0 Å². The predicted octanol–water partition coefficient (Wildman–Crippen LogP) is -0.744. The number of nitrogens with zero attached hydrogens (tertiary/aromatic N) is 2. The van der Waals surface area contributed by atoms with Gasteiger partial charge in [0.1, 0.15) is 18.1 Å².